The van der Waals surface area contributed by atoms with E-state index in [0.717, 1.165) is 5.56 Å². The van der Waals surface area contributed by atoms with Crippen LogP contribution in [-0.4, -0.2) is 57.0 Å². The minimum absolute atomic E-state index is 0.0733. The smallest absolute Gasteiger partial charge is 0.320 e. The van der Waals surface area contributed by atoms with Gasteiger partial charge in [-0.15, -0.1) is 0 Å². The molecule has 1 aliphatic heterocycles. The third kappa shape index (κ3) is 7.05. The number of carbonyl (C=O) groups excluding carboxylic acids is 2. The number of amides is 3. The highest BCUT2D eigenvalue weighted by molar-refractivity contribution is 6.35. The lowest BCUT2D eigenvalue weighted by Crippen LogP contribution is -2.53. The summed E-state index contributed by atoms with van der Waals surface area (Å²) in [6.45, 7) is 2.08. The summed E-state index contributed by atoms with van der Waals surface area (Å²) >= 11 is 12.3. The van der Waals surface area contributed by atoms with E-state index in [4.69, 9.17) is 23.2 Å². The molecule has 1 atom stereocenters. The standard InChI is InChI=1S/C27H28Cl2N4O4/c28-22-8-7-21(24(29)14-22)18-33-16-19(13-25(34)35)15-32(27(33)37)17-20-5-1-2-6-23(20)26(36)30-9-12-31-10-3-4-11-31/h1-8,10-11,14,19H,9,12-13,15-18H2,(H,30,36)(H,34,35). The van der Waals surface area contributed by atoms with E-state index in [1.807, 2.05) is 41.2 Å². The van der Waals surface area contributed by atoms with E-state index in [0.29, 0.717) is 40.8 Å². The van der Waals surface area contributed by atoms with Gasteiger partial charge in [0.1, 0.15) is 0 Å². The molecule has 2 aromatic carbocycles. The first kappa shape index (κ1) is 26.6. The summed E-state index contributed by atoms with van der Waals surface area (Å²) in [4.78, 5) is 41.1. The van der Waals surface area contributed by atoms with Crippen LogP contribution < -0.4 is 5.32 Å². The SMILES string of the molecule is O=C(O)CC1CN(Cc2ccc(Cl)cc2Cl)C(=O)N(Cc2ccccc2C(=O)NCCn2cccc2)C1. The molecule has 1 aromatic heterocycles. The first-order chi connectivity index (χ1) is 17.8. The van der Waals surface area contributed by atoms with Crippen molar-refractivity contribution in [2.75, 3.05) is 19.6 Å². The third-order valence-electron chi connectivity index (χ3n) is 6.28. The maximum absolute atomic E-state index is 13.5. The van der Waals surface area contributed by atoms with Crippen LogP contribution in [-0.2, 0) is 24.4 Å². The van der Waals surface area contributed by atoms with Gasteiger partial charge in [0.2, 0.25) is 0 Å². The van der Waals surface area contributed by atoms with Crippen molar-refractivity contribution in [2.45, 2.75) is 26.1 Å². The van der Waals surface area contributed by atoms with Gasteiger partial charge in [0, 0.05) is 73.2 Å². The summed E-state index contributed by atoms with van der Waals surface area (Å²) < 4.78 is 1.97. The number of benzene rings is 2. The average molecular weight is 543 g/mol. The quantitative estimate of drug-likeness (QED) is 0.386. The molecule has 37 heavy (non-hydrogen) atoms. The highest BCUT2D eigenvalue weighted by Crippen LogP contribution is 2.27. The molecular formula is C27H28Cl2N4O4. The molecule has 0 aliphatic carbocycles. The topological polar surface area (TPSA) is 94.9 Å². The van der Waals surface area contributed by atoms with Crippen molar-refractivity contribution >= 4 is 41.1 Å². The number of halogens is 2. The summed E-state index contributed by atoms with van der Waals surface area (Å²) in [6.07, 6.45) is 3.79. The molecule has 1 saturated heterocycles. The van der Waals surface area contributed by atoms with Gasteiger partial charge in [-0.3, -0.25) is 9.59 Å². The molecule has 3 aromatic rings. The Kier molecular flexibility index (Phi) is 8.74. The highest BCUT2D eigenvalue weighted by atomic mass is 35.5. The molecule has 8 nitrogen and oxygen atoms in total. The average Bonchev–Trinajstić information content (AvgIpc) is 3.37. The fraction of sp³-hybridized carbons (Fsp3) is 0.296. The van der Waals surface area contributed by atoms with Crippen molar-refractivity contribution in [3.63, 3.8) is 0 Å². The monoisotopic (exact) mass is 542 g/mol. The van der Waals surface area contributed by atoms with Gasteiger partial charge in [-0.05, 0) is 41.5 Å². The van der Waals surface area contributed by atoms with E-state index >= 15 is 0 Å². The largest absolute Gasteiger partial charge is 0.481 e. The van der Waals surface area contributed by atoms with E-state index in [2.05, 4.69) is 5.32 Å². The number of carbonyl (C=O) groups is 3. The van der Waals surface area contributed by atoms with Crippen LogP contribution in [0.5, 0.6) is 0 Å². The number of hydrogen-bond donors (Lipinski definition) is 2. The number of nitrogens with one attached hydrogen (secondary N) is 1. The molecule has 1 fully saturated rings. The molecule has 2 heterocycles. The number of urea groups is 1. The van der Waals surface area contributed by atoms with Gasteiger partial charge in [0.15, 0.2) is 0 Å². The molecule has 0 spiro atoms. The zero-order valence-electron chi connectivity index (χ0n) is 20.1. The Morgan fingerprint density at radius 2 is 1.62 bits per heavy atom. The lowest BCUT2D eigenvalue weighted by atomic mass is 9.99. The zero-order chi connectivity index (χ0) is 26.4. The van der Waals surface area contributed by atoms with Crippen molar-refractivity contribution in [3.05, 3.63) is 93.7 Å². The van der Waals surface area contributed by atoms with Crippen molar-refractivity contribution in [2.24, 2.45) is 5.92 Å². The summed E-state index contributed by atoms with van der Waals surface area (Å²) in [5.41, 5.74) is 1.89. The molecule has 1 unspecified atom stereocenters. The number of aromatic nitrogens is 1. The lowest BCUT2D eigenvalue weighted by molar-refractivity contribution is -0.138. The number of carboxylic acid groups (broad SMARTS) is 1. The van der Waals surface area contributed by atoms with Gasteiger partial charge < -0.3 is 24.8 Å². The Hall–Kier alpha value is -3.49. The molecule has 0 radical (unpaired) electrons. The predicted molar refractivity (Wildman–Crippen MR) is 142 cm³/mol. The second-order valence-electron chi connectivity index (χ2n) is 9.08. The summed E-state index contributed by atoms with van der Waals surface area (Å²) in [5.74, 6) is -1.42. The maximum atomic E-state index is 13.5. The van der Waals surface area contributed by atoms with Crippen LogP contribution in [0.25, 0.3) is 0 Å². The summed E-state index contributed by atoms with van der Waals surface area (Å²) in [6, 6.07) is 15.8. The molecule has 4 rings (SSSR count). The van der Waals surface area contributed by atoms with Gasteiger partial charge >= 0.3 is 12.0 Å². The number of carboxylic acids is 1. The number of aliphatic carboxylic acids is 1. The van der Waals surface area contributed by atoms with Crippen LogP contribution in [0.15, 0.2) is 67.0 Å². The van der Waals surface area contributed by atoms with E-state index in [1.54, 1.807) is 40.1 Å². The second kappa shape index (κ2) is 12.2. The molecule has 10 heteroatoms. The van der Waals surface area contributed by atoms with Gasteiger partial charge in [-0.25, -0.2) is 4.79 Å². The Morgan fingerprint density at radius 3 is 2.30 bits per heavy atom. The fourth-order valence-corrected chi connectivity index (χ4v) is 5.00. The Labute approximate surface area is 225 Å². The van der Waals surface area contributed by atoms with Crippen molar-refractivity contribution in [1.82, 2.24) is 19.7 Å². The summed E-state index contributed by atoms with van der Waals surface area (Å²) in [7, 11) is 0. The fourth-order valence-electron chi connectivity index (χ4n) is 4.53. The van der Waals surface area contributed by atoms with Crippen LogP contribution >= 0.6 is 23.2 Å². The second-order valence-corrected chi connectivity index (χ2v) is 9.92. The van der Waals surface area contributed by atoms with Gasteiger partial charge in [0.05, 0.1) is 6.42 Å². The van der Waals surface area contributed by atoms with Crippen LogP contribution in [0.2, 0.25) is 10.0 Å². The minimum atomic E-state index is -0.925. The number of nitrogens with zero attached hydrogens (tertiary/aromatic N) is 3. The van der Waals surface area contributed by atoms with E-state index < -0.39 is 5.97 Å². The van der Waals surface area contributed by atoms with E-state index in [1.165, 1.54) is 0 Å². The molecular weight excluding hydrogens is 515 g/mol. The highest BCUT2D eigenvalue weighted by Gasteiger charge is 2.33. The zero-order valence-corrected chi connectivity index (χ0v) is 21.7. The minimum Gasteiger partial charge on any atom is -0.481 e. The van der Waals surface area contributed by atoms with Crippen molar-refractivity contribution in [1.29, 1.82) is 0 Å². The van der Waals surface area contributed by atoms with E-state index in [9.17, 15) is 19.5 Å². The molecule has 2 N–H and O–H groups in total. The molecule has 0 bridgehead atoms. The van der Waals surface area contributed by atoms with Crippen LogP contribution in [0.1, 0.15) is 27.9 Å². The number of rotatable bonds is 10. The Bertz CT molecular complexity index is 1270. The molecule has 194 valence electrons. The predicted octanol–water partition coefficient (Wildman–Crippen LogP) is 4.75. The van der Waals surface area contributed by atoms with Crippen molar-refractivity contribution in [3.8, 4) is 0 Å². The molecule has 0 saturated carbocycles. The van der Waals surface area contributed by atoms with Crippen LogP contribution in [0, 0.1) is 5.92 Å². The first-order valence-electron chi connectivity index (χ1n) is 12.0. The summed E-state index contributed by atoms with van der Waals surface area (Å²) in [5, 5.41) is 13.3. The Balaban J connectivity index is 1.49. The third-order valence-corrected chi connectivity index (χ3v) is 6.87. The Morgan fingerprint density at radius 1 is 0.946 bits per heavy atom. The molecule has 3 amide bonds. The number of hydrogen-bond acceptors (Lipinski definition) is 3. The van der Waals surface area contributed by atoms with Crippen LogP contribution in [0.3, 0.4) is 0 Å². The van der Waals surface area contributed by atoms with Crippen LogP contribution in [0.4, 0.5) is 4.79 Å². The van der Waals surface area contributed by atoms with Gasteiger partial charge in [-0.1, -0.05) is 47.5 Å². The lowest BCUT2D eigenvalue weighted by Gasteiger charge is -2.40. The van der Waals surface area contributed by atoms with E-state index in [-0.39, 0.29) is 43.9 Å². The first-order valence-corrected chi connectivity index (χ1v) is 12.7. The maximum Gasteiger partial charge on any atom is 0.320 e. The van der Waals surface area contributed by atoms with Gasteiger partial charge in [0.25, 0.3) is 5.91 Å². The van der Waals surface area contributed by atoms with Gasteiger partial charge in [-0.2, -0.15) is 0 Å². The molecule has 1 aliphatic rings. The normalized spacial score (nSPS) is 15.6. The van der Waals surface area contributed by atoms with Crippen molar-refractivity contribution < 1.29 is 19.5 Å².